The van der Waals surface area contributed by atoms with E-state index < -0.39 is 151 Å². The van der Waals surface area contributed by atoms with Gasteiger partial charge in [0.2, 0.25) is 23.0 Å². The lowest BCUT2D eigenvalue weighted by Crippen LogP contribution is -2.58. The van der Waals surface area contributed by atoms with Gasteiger partial charge in [0, 0.05) is 50.9 Å². The molecule has 10 unspecified atom stereocenters. The molecule has 27 heteroatoms. The van der Waals surface area contributed by atoms with Crippen LogP contribution >= 0.6 is 0 Å². The first-order valence-corrected chi connectivity index (χ1v) is 37.8. The van der Waals surface area contributed by atoms with Crippen LogP contribution < -0.4 is 0 Å². The highest BCUT2D eigenvalue weighted by molar-refractivity contribution is 7.97. The summed E-state index contributed by atoms with van der Waals surface area (Å²) in [5.41, 5.74) is 4.18. The van der Waals surface area contributed by atoms with E-state index in [2.05, 4.69) is 192 Å². The third-order valence-corrected chi connectivity index (χ3v) is 25.0. The minimum Gasteiger partial charge on any atom is -0.452 e. The average molecular weight is 1550 g/mol. The first-order chi connectivity index (χ1) is 50.0. The van der Waals surface area contributed by atoms with Crippen LogP contribution in [-0.2, 0) is 74.1 Å². The van der Waals surface area contributed by atoms with Crippen molar-refractivity contribution < 1.29 is 114 Å². The van der Waals surface area contributed by atoms with E-state index in [0.29, 0.717) is 59.3 Å². The normalized spacial score (nSPS) is 27.4. The van der Waals surface area contributed by atoms with Crippen LogP contribution in [0.25, 0.3) is 0 Å². The first kappa shape index (κ1) is 82.8. The first-order valence-electron chi connectivity index (χ1n) is 35.4. The Bertz CT molecular complexity index is 3640. The number of carbonyl (C=O) groups excluding carboxylic acids is 3. The Morgan fingerprint density at radius 2 is 0.738 bits per heavy atom. The third-order valence-electron chi connectivity index (χ3n) is 20.5. The molecule has 2 saturated heterocycles. The lowest BCUT2D eigenvalue weighted by Gasteiger charge is -2.42. The molecule has 582 valence electrons. The van der Waals surface area contributed by atoms with Gasteiger partial charge in [-0.3, -0.25) is 0 Å². The summed E-state index contributed by atoms with van der Waals surface area (Å²) in [6, 6.07) is 53.6. The Hall–Kier alpha value is -6.72. The fraction of sp³-hybridized carbons (Fsp3) is 0.512. The van der Waals surface area contributed by atoms with Crippen molar-refractivity contribution in [2.45, 2.75) is 233 Å². The topological polar surface area (TPSA) is 145 Å². The Morgan fingerprint density at radius 1 is 0.421 bits per heavy atom. The number of rotatable bonds is 15. The van der Waals surface area contributed by atoms with E-state index in [0.717, 1.165) is 0 Å². The summed E-state index contributed by atoms with van der Waals surface area (Å²) in [5.74, 6) is -39.8. The molecular weight excluding hydrogens is 1460 g/mol. The lowest BCUT2D eigenvalue weighted by molar-refractivity contribution is -0.312. The van der Waals surface area contributed by atoms with Crippen molar-refractivity contribution >= 4 is 39.7 Å². The molecule has 13 rings (SSSR count). The molecular formula is C80H89F13O12S2+2. The van der Waals surface area contributed by atoms with E-state index in [4.69, 9.17) is 33.2 Å². The van der Waals surface area contributed by atoms with Crippen molar-refractivity contribution in [3.8, 4) is 0 Å². The largest absolute Gasteiger partial charge is 0.452 e. The molecule has 0 radical (unpaired) electrons. The Labute approximate surface area is 619 Å². The smallest absolute Gasteiger partial charge is 0.377 e. The van der Waals surface area contributed by atoms with E-state index in [1.54, 1.807) is 0 Å². The van der Waals surface area contributed by atoms with Crippen LogP contribution in [0.4, 0.5) is 57.1 Å². The van der Waals surface area contributed by atoms with Gasteiger partial charge in [0.25, 0.3) is 0 Å². The number of halogens is 13. The van der Waals surface area contributed by atoms with Gasteiger partial charge in [-0.05, 0) is 172 Å². The fourth-order valence-corrected chi connectivity index (χ4v) is 18.4. The number of benzene rings is 6. The zero-order valence-corrected chi connectivity index (χ0v) is 62.3. The van der Waals surface area contributed by atoms with Gasteiger partial charge < -0.3 is 43.0 Å². The third kappa shape index (κ3) is 18.7. The molecule has 2 aliphatic heterocycles. The van der Waals surface area contributed by atoms with E-state index in [-0.39, 0.29) is 47.5 Å². The van der Waals surface area contributed by atoms with Gasteiger partial charge in [-0.15, -0.1) is 0 Å². The number of carbonyl (C=O) groups is 3. The predicted octanol–water partition coefficient (Wildman–Crippen LogP) is 18.3. The Kier molecular flexibility index (Phi) is 25.0. The molecule has 5 aliphatic carbocycles. The second-order valence-corrected chi connectivity index (χ2v) is 33.3. The van der Waals surface area contributed by atoms with E-state index in [9.17, 15) is 63.4 Å². The number of alkyl halides is 13. The standard InChI is InChI=1S/C25H31F7O8.2C21H21S.C13H16F6O4/c1-20(26,27)18(33)39-16-12-3-5-14(7-12)24(16,35)36-9-22(30)10-37-25(38-11-23(22,31)32)15-6-4-13(8-15)17(25)40-19(34)21(2,28)29;2*1-16-4-10-19(11-5-16)22(20-12-6-17(2)7-13-20)21-14-8-18(3)9-15-21;1-10(14,15)9(20)23-8-4-2-3-5-11(8)21-6-12(16,17)13(18,19)7-22-11/h12-17,35H,3-11H2,1-2H3;2*4-15H,1-3H3;8H,2-7H2,1H3/q;2*+1;. The summed E-state index contributed by atoms with van der Waals surface area (Å²) < 4.78 is 220. The van der Waals surface area contributed by atoms with Gasteiger partial charge in [-0.2, -0.15) is 43.9 Å². The summed E-state index contributed by atoms with van der Waals surface area (Å²) in [5, 5.41) is 11.2. The van der Waals surface area contributed by atoms with Crippen molar-refractivity contribution in [3.05, 3.63) is 179 Å². The van der Waals surface area contributed by atoms with Crippen molar-refractivity contribution in [3.63, 3.8) is 0 Å². The van der Waals surface area contributed by atoms with Gasteiger partial charge in [-0.25, -0.2) is 27.6 Å². The van der Waals surface area contributed by atoms with Gasteiger partial charge in [0.1, 0.15) is 19.8 Å². The van der Waals surface area contributed by atoms with Crippen molar-refractivity contribution in [1.29, 1.82) is 0 Å². The van der Waals surface area contributed by atoms with Crippen LogP contribution in [0, 0.1) is 65.2 Å². The highest BCUT2D eigenvalue weighted by Gasteiger charge is 2.71. The van der Waals surface area contributed by atoms with E-state index >= 15 is 13.2 Å². The summed E-state index contributed by atoms with van der Waals surface area (Å²) in [6.45, 7) is 5.96. The summed E-state index contributed by atoms with van der Waals surface area (Å²) >= 11 is 0. The van der Waals surface area contributed by atoms with Crippen LogP contribution in [-0.4, -0.2) is 133 Å². The molecule has 6 aromatic carbocycles. The molecule has 7 aliphatic rings. The van der Waals surface area contributed by atoms with Crippen LogP contribution in [0.15, 0.2) is 175 Å². The molecule has 7 fully saturated rings. The monoisotopic (exact) mass is 1550 g/mol. The van der Waals surface area contributed by atoms with Gasteiger partial charge in [0.15, 0.2) is 47.7 Å². The molecule has 107 heavy (non-hydrogen) atoms. The second-order valence-electron chi connectivity index (χ2n) is 29.3. The number of ether oxygens (including phenoxy) is 8. The average Bonchev–Trinajstić information content (AvgIpc) is 1.57. The molecule has 0 aromatic heterocycles. The SMILES string of the molecule is CC(F)(F)C(=O)OC1C2CCC(C2)C1(O)OCC1(F)COC2(OCC1(F)F)C1CCC(C1)C2OC(=O)C(C)(F)F.CC(F)(F)C(=O)OC1CCCCC12OCC(F)(F)C(F)(F)CO2.Cc1ccc([S+](c2ccc(C)cc2)c2ccc(C)cc2)cc1.Cc1ccc([S+](c2ccc(C)cc2)c2ccc(C)cc2)cc1. The lowest BCUT2D eigenvalue weighted by atomic mass is 9.90. The van der Waals surface area contributed by atoms with Gasteiger partial charge in [0.05, 0.1) is 35.0 Å². The van der Waals surface area contributed by atoms with Crippen molar-refractivity contribution in [2.75, 3.05) is 33.0 Å². The zero-order chi connectivity index (χ0) is 78.1. The summed E-state index contributed by atoms with van der Waals surface area (Å²) in [7, 11) is -0.0789. The van der Waals surface area contributed by atoms with Crippen LogP contribution in [0.2, 0.25) is 0 Å². The molecule has 10 atom stereocenters. The number of hydrogen-bond donors (Lipinski definition) is 1. The molecule has 2 heterocycles. The van der Waals surface area contributed by atoms with Crippen LogP contribution in [0.1, 0.15) is 118 Å². The van der Waals surface area contributed by atoms with E-state index in [1.165, 1.54) is 62.8 Å². The number of aryl methyl sites for hydroxylation is 6. The van der Waals surface area contributed by atoms with Crippen LogP contribution in [0.5, 0.6) is 0 Å². The number of esters is 3. The van der Waals surface area contributed by atoms with E-state index in [1.807, 2.05) is 0 Å². The quantitative estimate of drug-likeness (QED) is 0.0343. The number of fused-ring (bicyclic) bond motifs is 5. The van der Waals surface area contributed by atoms with Gasteiger partial charge in [-0.1, -0.05) is 106 Å². The Morgan fingerprint density at radius 3 is 1.11 bits per heavy atom. The molecule has 6 aromatic rings. The molecule has 4 bridgehead atoms. The molecule has 12 nitrogen and oxygen atoms in total. The highest BCUT2D eigenvalue weighted by Crippen LogP contribution is 2.59. The maximum Gasteiger partial charge on any atom is 0.377 e. The molecule has 0 amide bonds. The van der Waals surface area contributed by atoms with Gasteiger partial charge >= 0.3 is 53.4 Å². The zero-order valence-electron chi connectivity index (χ0n) is 60.7. The molecule has 2 spiro atoms. The second kappa shape index (κ2) is 32.3. The minimum atomic E-state index is -4.48. The molecule has 1 N–H and O–H groups in total. The fourth-order valence-electron chi connectivity index (χ4n) is 14.3. The summed E-state index contributed by atoms with van der Waals surface area (Å²) in [4.78, 5) is 43.3. The minimum absolute atomic E-state index is 0.0149. The van der Waals surface area contributed by atoms with Crippen LogP contribution in [0.3, 0.4) is 0 Å². The highest BCUT2D eigenvalue weighted by atomic mass is 32.2. The maximum absolute atomic E-state index is 16.1. The van der Waals surface area contributed by atoms with Crippen molar-refractivity contribution in [2.24, 2.45) is 23.7 Å². The maximum atomic E-state index is 16.1. The number of hydrogen-bond acceptors (Lipinski definition) is 12. The molecule has 5 saturated carbocycles. The number of aliphatic hydroxyl groups is 1. The summed E-state index contributed by atoms with van der Waals surface area (Å²) in [6.07, 6.45) is -1.99. The Balaban J connectivity index is 0.000000159. The van der Waals surface area contributed by atoms with Crippen molar-refractivity contribution in [1.82, 2.24) is 0 Å². The predicted molar refractivity (Wildman–Crippen MR) is 372 cm³/mol.